The van der Waals surface area contributed by atoms with Crippen LogP contribution in [0.3, 0.4) is 0 Å². The number of amides is 1. The number of carbonyl (C=O) groups is 1. The van der Waals surface area contributed by atoms with Crippen LogP contribution in [0.15, 0.2) is 28.9 Å². The fourth-order valence-electron chi connectivity index (χ4n) is 4.69. The van der Waals surface area contributed by atoms with E-state index in [1.54, 1.807) is 18.5 Å². The Kier molecular flexibility index (Phi) is 5.39. The van der Waals surface area contributed by atoms with Crippen LogP contribution in [0, 0.1) is 0 Å². The van der Waals surface area contributed by atoms with Crippen molar-refractivity contribution in [3.05, 3.63) is 45.7 Å². The molecule has 0 radical (unpaired) electrons. The van der Waals surface area contributed by atoms with Crippen molar-refractivity contribution in [3.63, 3.8) is 0 Å². The molecule has 2 aromatic heterocycles. The first kappa shape index (κ1) is 21.3. The summed E-state index contributed by atoms with van der Waals surface area (Å²) in [4.78, 5) is 25.9. The molecule has 2 aliphatic heterocycles. The maximum Gasteiger partial charge on any atom is 0.293 e. The van der Waals surface area contributed by atoms with Gasteiger partial charge in [0.15, 0.2) is 11.7 Å². The molecule has 10 heteroatoms. The average molecular weight is 476 g/mol. The number of oxazole rings is 1. The molecule has 0 bridgehead atoms. The van der Waals surface area contributed by atoms with Crippen molar-refractivity contribution in [3.8, 4) is 0 Å². The average Bonchev–Trinajstić information content (AvgIpc) is 3.13. The first-order valence-corrected chi connectivity index (χ1v) is 11.3. The second-order valence-corrected chi connectivity index (χ2v) is 9.14. The van der Waals surface area contributed by atoms with Gasteiger partial charge in [0.05, 0.1) is 31.6 Å². The first-order chi connectivity index (χ1) is 15.3. The van der Waals surface area contributed by atoms with Gasteiger partial charge in [0, 0.05) is 22.6 Å². The summed E-state index contributed by atoms with van der Waals surface area (Å²) in [5.41, 5.74) is 9.66. The molecule has 0 aliphatic carbocycles. The highest BCUT2D eigenvalue weighted by Gasteiger charge is 2.38. The molecule has 3 aromatic rings. The molecule has 8 nitrogen and oxygen atoms in total. The number of anilines is 2. The molecular weight excluding hydrogens is 453 g/mol. The topological polar surface area (TPSA) is 97.7 Å². The van der Waals surface area contributed by atoms with Crippen molar-refractivity contribution in [1.82, 2.24) is 14.9 Å². The van der Waals surface area contributed by atoms with E-state index in [1.807, 2.05) is 24.8 Å². The Balaban J connectivity index is 1.41. The fourth-order valence-corrected chi connectivity index (χ4v) is 5.39. The van der Waals surface area contributed by atoms with E-state index in [0.29, 0.717) is 47.3 Å². The van der Waals surface area contributed by atoms with Gasteiger partial charge in [-0.3, -0.25) is 9.78 Å². The number of rotatable bonds is 2. The summed E-state index contributed by atoms with van der Waals surface area (Å²) in [6.07, 6.45) is 3.38. The lowest BCUT2D eigenvalue weighted by molar-refractivity contribution is -0.148. The highest BCUT2D eigenvalue weighted by atomic mass is 35.5. The van der Waals surface area contributed by atoms with Gasteiger partial charge in [0.2, 0.25) is 0 Å². The Morgan fingerprint density at radius 1 is 1.25 bits per heavy atom. The first-order valence-electron chi connectivity index (χ1n) is 10.5. The van der Waals surface area contributed by atoms with E-state index in [2.05, 4.69) is 14.9 Å². The normalized spacial score (nSPS) is 23.4. The molecular formula is C22H23Cl2N5O3. The zero-order chi connectivity index (χ0) is 22.6. The van der Waals surface area contributed by atoms with Crippen molar-refractivity contribution in [1.29, 1.82) is 0 Å². The van der Waals surface area contributed by atoms with Gasteiger partial charge in [0.1, 0.15) is 11.2 Å². The lowest BCUT2D eigenvalue weighted by Gasteiger charge is -2.42. The van der Waals surface area contributed by atoms with Crippen molar-refractivity contribution in [2.45, 2.75) is 38.5 Å². The smallest absolute Gasteiger partial charge is 0.293 e. The van der Waals surface area contributed by atoms with Crippen molar-refractivity contribution in [2.75, 3.05) is 30.3 Å². The molecule has 1 amide bonds. The number of morpholine rings is 1. The molecule has 1 fully saturated rings. The summed E-state index contributed by atoms with van der Waals surface area (Å²) in [6.45, 7) is 5.36. The van der Waals surface area contributed by atoms with Crippen LogP contribution >= 0.6 is 23.2 Å². The van der Waals surface area contributed by atoms with Crippen molar-refractivity contribution >= 4 is 51.9 Å². The molecule has 0 spiro atoms. The van der Waals surface area contributed by atoms with E-state index in [1.165, 1.54) is 0 Å². The number of pyridine rings is 1. The Morgan fingerprint density at radius 2 is 2.06 bits per heavy atom. The van der Waals surface area contributed by atoms with Gasteiger partial charge in [0.25, 0.3) is 11.9 Å². The lowest BCUT2D eigenvalue weighted by atomic mass is 9.93. The van der Waals surface area contributed by atoms with E-state index in [0.717, 1.165) is 16.8 Å². The van der Waals surface area contributed by atoms with Crippen molar-refractivity contribution < 1.29 is 13.9 Å². The van der Waals surface area contributed by atoms with Crippen molar-refractivity contribution in [2.24, 2.45) is 0 Å². The lowest BCUT2D eigenvalue weighted by Crippen LogP contribution is -2.55. The molecule has 168 valence electrons. The third-order valence-electron chi connectivity index (χ3n) is 6.28. The summed E-state index contributed by atoms with van der Waals surface area (Å²) in [5.74, 6) is -0.0664. The number of carbonyl (C=O) groups excluding carboxylic acids is 1. The van der Waals surface area contributed by atoms with E-state index in [-0.39, 0.29) is 24.0 Å². The zero-order valence-electron chi connectivity index (χ0n) is 17.7. The van der Waals surface area contributed by atoms with Crippen LogP contribution in [-0.4, -0.2) is 52.6 Å². The maximum atomic E-state index is 13.5. The van der Waals surface area contributed by atoms with E-state index >= 15 is 0 Å². The summed E-state index contributed by atoms with van der Waals surface area (Å²) < 4.78 is 11.6. The molecule has 3 atom stereocenters. The second-order valence-electron chi connectivity index (χ2n) is 8.30. The molecule has 32 heavy (non-hydrogen) atoms. The minimum Gasteiger partial charge on any atom is -0.421 e. The zero-order valence-corrected chi connectivity index (χ0v) is 19.2. The fraction of sp³-hybridized carbons (Fsp3) is 0.409. The third-order valence-corrected chi connectivity index (χ3v) is 6.82. The standard InChI is InChI=1S/C22H23Cl2N5O3/c1-11-10-31-18(9-29(11)17-8-26-7-16-20(17)32-22(25)27-16)21(30)28-4-3-13-5-14(23)6-15(24)19(13)12(28)2/h5-8,11-12,18H,3-4,9-10H2,1-2H3,(H2,25,27)/t11-,12-,18+/m0/s1. The number of halogens is 2. The van der Waals surface area contributed by atoms with Gasteiger partial charge < -0.3 is 24.7 Å². The molecule has 4 heterocycles. The van der Waals surface area contributed by atoms with Crippen LogP contribution in [0.5, 0.6) is 0 Å². The third kappa shape index (κ3) is 3.56. The molecule has 1 aromatic carbocycles. The molecule has 2 N–H and O–H groups in total. The highest BCUT2D eigenvalue weighted by molar-refractivity contribution is 6.35. The maximum absolute atomic E-state index is 13.5. The largest absolute Gasteiger partial charge is 0.421 e. The minimum atomic E-state index is -0.628. The van der Waals surface area contributed by atoms with E-state index in [9.17, 15) is 4.79 Å². The van der Waals surface area contributed by atoms with Gasteiger partial charge in [-0.05, 0) is 43.5 Å². The molecule has 0 saturated carbocycles. The van der Waals surface area contributed by atoms with Gasteiger partial charge in [-0.15, -0.1) is 0 Å². The Bertz CT molecular complexity index is 1200. The number of fused-ring (bicyclic) bond motifs is 2. The molecule has 1 saturated heterocycles. The summed E-state index contributed by atoms with van der Waals surface area (Å²) in [6, 6.07) is 3.59. The van der Waals surface area contributed by atoms with Crippen LogP contribution in [0.2, 0.25) is 10.0 Å². The van der Waals surface area contributed by atoms with Gasteiger partial charge in [-0.1, -0.05) is 23.2 Å². The number of hydrogen-bond acceptors (Lipinski definition) is 7. The molecule has 0 unspecified atom stereocenters. The predicted molar refractivity (Wildman–Crippen MR) is 123 cm³/mol. The van der Waals surface area contributed by atoms with Crippen LogP contribution in [0.4, 0.5) is 11.7 Å². The Hall–Kier alpha value is -2.55. The number of nitrogen functional groups attached to an aromatic ring is 1. The summed E-state index contributed by atoms with van der Waals surface area (Å²) >= 11 is 12.6. The monoisotopic (exact) mass is 475 g/mol. The van der Waals surface area contributed by atoms with Gasteiger partial charge >= 0.3 is 0 Å². The number of ether oxygens (including phenoxy) is 1. The second kappa shape index (κ2) is 8.10. The van der Waals surface area contributed by atoms with Crippen LogP contribution < -0.4 is 10.6 Å². The van der Waals surface area contributed by atoms with Gasteiger partial charge in [-0.2, -0.15) is 4.98 Å². The Labute approximate surface area is 195 Å². The number of nitrogens with two attached hydrogens (primary N) is 1. The Morgan fingerprint density at radius 3 is 2.88 bits per heavy atom. The minimum absolute atomic E-state index is 0.0221. The number of aromatic nitrogens is 2. The highest BCUT2D eigenvalue weighted by Crippen LogP contribution is 2.38. The summed E-state index contributed by atoms with van der Waals surface area (Å²) in [5, 5.41) is 1.19. The SMILES string of the molecule is C[C@H]1c2c(Cl)cc(Cl)cc2CCN1C(=O)[C@H]1CN(c2cncc3nc(N)oc23)[C@@H](C)CO1. The van der Waals surface area contributed by atoms with Crippen LogP contribution in [0.1, 0.15) is 31.0 Å². The van der Waals surface area contributed by atoms with E-state index in [4.69, 9.17) is 38.1 Å². The quantitative estimate of drug-likeness (QED) is 0.600. The number of hydrogen-bond donors (Lipinski definition) is 1. The molecule has 2 aliphatic rings. The van der Waals surface area contributed by atoms with Crippen LogP contribution in [0.25, 0.3) is 11.1 Å². The van der Waals surface area contributed by atoms with E-state index < -0.39 is 6.10 Å². The number of benzene rings is 1. The summed E-state index contributed by atoms with van der Waals surface area (Å²) in [7, 11) is 0. The van der Waals surface area contributed by atoms with Gasteiger partial charge in [-0.25, -0.2) is 0 Å². The molecule has 5 rings (SSSR count). The number of nitrogens with zero attached hydrogens (tertiary/aromatic N) is 4. The predicted octanol–water partition coefficient (Wildman–Crippen LogP) is 3.85. The van der Waals surface area contributed by atoms with Crippen LogP contribution in [-0.2, 0) is 16.0 Å².